The molecule has 0 unspecified atom stereocenters. The summed E-state index contributed by atoms with van der Waals surface area (Å²) >= 11 is 0. The van der Waals surface area contributed by atoms with E-state index in [0.717, 1.165) is 31.7 Å². The first-order valence-corrected chi connectivity index (χ1v) is 8.96. The fourth-order valence-electron chi connectivity index (χ4n) is 2.75. The van der Waals surface area contributed by atoms with Crippen LogP contribution in [0, 0.1) is 11.7 Å². The maximum atomic E-state index is 13.5. The minimum absolute atomic E-state index is 0.0162. The van der Waals surface area contributed by atoms with Gasteiger partial charge < -0.3 is 5.32 Å². The lowest BCUT2D eigenvalue weighted by Gasteiger charge is -2.33. The maximum Gasteiger partial charge on any atom is 0.241 e. The molecule has 2 N–H and O–H groups in total. The molecule has 3 rings (SSSR count). The molecule has 1 aromatic carbocycles. The second-order valence-electron chi connectivity index (χ2n) is 6.30. The van der Waals surface area contributed by atoms with Gasteiger partial charge in [0.05, 0.1) is 4.90 Å². The van der Waals surface area contributed by atoms with Gasteiger partial charge in [-0.05, 0) is 49.3 Å². The van der Waals surface area contributed by atoms with Crippen molar-refractivity contribution < 1.29 is 12.8 Å². The van der Waals surface area contributed by atoms with E-state index in [1.54, 1.807) is 6.07 Å². The summed E-state index contributed by atoms with van der Waals surface area (Å²) in [4.78, 5) is 0.0650. The topological polar surface area (TPSA) is 58.2 Å². The zero-order valence-corrected chi connectivity index (χ0v) is 12.9. The lowest BCUT2D eigenvalue weighted by atomic mass is 9.83. The van der Waals surface area contributed by atoms with Gasteiger partial charge in [-0.25, -0.2) is 17.5 Å². The van der Waals surface area contributed by atoms with Gasteiger partial charge in [-0.1, -0.05) is 13.0 Å². The summed E-state index contributed by atoms with van der Waals surface area (Å²) in [6.07, 6.45) is 3.96. The van der Waals surface area contributed by atoms with Crippen LogP contribution < -0.4 is 10.0 Å². The van der Waals surface area contributed by atoms with E-state index >= 15 is 0 Å². The van der Waals surface area contributed by atoms with Gasteiger partial charge in [-0.3, -0.25) is 0 Å². The Morgan fingerprint density at radius 3 is 2.57 bits per heavy atom. The van der Waals surface area contributed by atoms with Crippen molar-refractivity contribution >= 4 is 10.0 Å². The SMILES string of the molecule is CC1CC(NS(=O)(=O)c2cc(F)ccc2CNC2CC2)C1. The summed E-state index contributed by atoms with van der Waals surface area (Å²) < 4.78 is 41.1. The molecule has 0 aliphatic heterocycles. The molecule has 0 aromatic heterocycles. The van der Waals surface area contributed by atoms with Crippen LogP contribution in [0.4, 0.5) is 4.39 Å². The van der Waals surface area contributed by atoms with Crippen molar-refractivity contribution in [3.05, 3.63) is 29.6 Å². The maximum absolute atomic E-state index is 13.5. The summed E-state index contributed by atoms with van der Waals surface area (Å²) in [7, 11) is -3.65. The third-order valence-corrected chi connectivity index (χ3v) is 5.78. The van der Waals surface area contributed by atoms with Gasteiger partial charge in [0, 0.05) is 18.6 Å². The molecule has 0 spiro atoms. The van der Waals surface area contributed by atoms with Gasteiger partial charge >= 0.3 is 0 Å². The Morgan fingerprint density at radius 1 is 1.24 bits per heavy atom. The third-order valence-electron chi connectivity index (χ3n) is 4.17. The Balaban J connectivity index is 1.78. The zero-order valence-electron chi connectivity index (χ0n) is 12.1. The lowest BCUT2D eigenvalue weighted by molar-refractivity contribution is 0.270. The van der Waals surface area contributed by atoms with Crippen molar-refractivity contribution in [2.75, 3.05) is 0 Å². The van der Waals surface area contributed by atoms with Crippen LogP contribution in [0.15, 0.2) is 23.1 Å². The molecule has 0 amide bonds. The van der Waals surface area contributed by atoms with Gasteiger partial charge in [0.15, 0.2) is 0 Å². The van der Waals surface area contributed by atoms with Crippen molar-refractivity contribution in [2.24, 2.45) is 5.92 Å². The van der Waals surface area contributed by atoms with E-state index in [1.165, 1.54) is 6.07 Å². The van der Waals surface area contributed by atoms with E-state index in [-0.39, 0.29) is 10.9 Å². The highest BCUT2D eigenvalue weighted by atomic mass is 32.2. The number of nitrogens with one attached hydrogen (secondary N) is 2. The molecule has 116 valence electrons. The van der Waals surface area contributed by atoms with Crippen LogP contribution in [0.5, 0.6) is 0 Å². The molecule has 0 saturated heterocycles. The Kier molecular flexibility index (Phi) is 4.03. The Labute approximate surface area is 125 Å². The van der Waals surface area contributed by atoms with Crippen LogP contribution in [0.25, 0.3) is 0 Å². The monoisotopic (exact) mass is 312 g/mol. The summed E-state index contributed by atoms with van der Waals surface area (Å²) in [5.41, 5.74) is 0.628. The molecule has 4 nitrogen and oxygen atoms in total. The molecular weight excluding hydrogens is 291 g/mol. The van der Waals surface area contributed by atoms with Gasteiger partial charge in [0.25, 0.3) is 0 Å². The average molecular weight is 312 g/mol. The van der Waals surface area contributed by atoms with Crippen LogP contribution in [0.3, 0.4) is 0 Å². The van der Waals surface area contributed by atoms with E-state index in [0.29, 0.717) is 24.1 Å². The van der Waals surface area contributed by atoms with E-state index in [9.17, 15) is 12.8 Å². The summed E-state index contributed by atoms with van der Waals surface area (Å²) in [6.45, 7) is 2.56. The first-order valence-electron chi connectivity index (χ1n) is 7.48. The highest BCUT2D eigenvalue weighted by Gasteiger charge is 2.31. The van der Waals surface area contributed by atoms with E-state index in [4.69, 9.17) is 0 Å². The number of hydrogen-bond acceptors (Lipinski definition) is 3. The number of sulfonamides is 1. The van der Waals surface area contributed by atoms with E-state index in [1.807, 2.05) is 0 Å². The molecule has 1 aromatic rings. The number of hydrogen-bond donors (Lipinski definition) is 2. The molecule has 2 fully saturated rings. The second kappa shape index (κ2) is 5.66. The van der Waals surface area contributed by atoms with Gasteiger partial charge in [-0.2, -0.15) is 0 Å². The molecule has 2 aliphatic rings. The van der Waals surface area contributed by atoms with Crippen molar-refractivity contribution in [1.82, 2.24) is 10.0 Å². The van der Waals surface area contributed by atoms with Gasteiger partial charge in [-0.15, -0.1) is 0 Å². The van der Waals surface area contributed by atoms with Crippen LogP contribution >= 0.6 is 0 Å². The average Bonchev–Trinajstić information content (AvgIpc) is 3.19. The zero-order chi connectivity index (χ0) is 15.0. The normalized spacial score (nSPS) is 25.6. The minimum Gasteiger partial charge on any atom is -0.310 e. The second-order valence-corrected chi connectivity index (χ2v) is 7.98. The Hall–Kier alpha value is -0.980. The first kappa shape index (κ1) is 14.9. The number of rotatable bonds is 6. The van der Waals surface area contributed by atoms with Crippen molar-refractivity contribution in [1.29, 1.82) is 0 Å². The van der Waals surface area contributed by atoms with Crippen molar-refractivity contribution in [3.63, 3.8) is 0 Å². The van der Waals surface area contributed by atoms with Gasteiger partial charge in [0.1, 0.15) is 5.82 Å². The van der Waals surface area contributed by atoms with E-state index in [2.05, 4.69) is 17.0 Å². The quantitative estimate of drug-likeness (QED) is 0.846. The molecule has 2 saturated carbocycles. The first-order chi connectivity index (χ1) is 9.94. The molecule has 21 heavy (non-hydrogen) atoms. The largest absolute Gasteiger partial charge is 0.310 e. The fourth-order valence-corrected chi connectivity index (χ4v) is 4.26. The highest BCUT2D eigenvalue weighted by Crippen LogP contribution is 2.29. The molecule has 0 atom stereocenters. The number of halogens is 1. The molecule has 2 aliphatic carbocycles. The van der Waals surface area contributed by atoms with Gasteiger partial charge in [0.2, 0.25) is 10.0 Å². The van der Waals surface area contributed by atoms with Crippen LogP contribution in [-0.2, 0) is 16.6 Å². The predicted molar refractivity (Wildman–Crippen MR) is 78.8 cm³/mol. The minimum atomic E-state index is -3.65. The third kappa shape index (κ3) is 3.62. The van der Waals surface area contributed by atoms with Crippen molar-refractivity contribution in [3.8, 4) is 0 Å². The van der Waals surface area contributed by atoms with Crippen molar-refractivity contribution in [2.45, 2.75) is 56.1 Å². The molecule has 0 bridgehead atoms. The standard InChI is InChI=1S/C15H21FN2O2S/c1-10-6-14(7-10)18-21(19,20)15-8-12(16)3-2-11(15)9-17-13-4-5-13/h2-3,8,10,13-14,17-18H,4-7,9H2,1H3. The van der Waals surface area contributed by atoms with E-state index < -0.39 is 15.8 Å². The Morgan fingerprint density at radius 2 is 1.95 bits per heavy atom. The molecule has 0 radical (unpaired) electrons. The molecule has 0 heterocycles. The number of benzene rings is 1. The fraction of sp³-hybridized carbons (Fsp3) is 0.600. The van der Waals surface area contributed by atoms with Crippen LogP contribution in [0.2, 0.25) is 0 Å². The summed E-state index contributed by atoms with van der Waals surface area (Å²) in [5.74, 6) is 0.0359. The summed E-state index contributed by atoms with van der Waals surface area (Å²) in [6, 6.07) is 4.45. The lowest BCUT2D eigenvalue weighted by Crippen LogP contribution is -2.43. The van der Waals surface area contributed by atoms with Crippen LogP contribution in [-0.4, -0.2) is 20.5 Å². The smallest absolute Gasteiger partial charge is 0.241 e. The molecule has 6 heteroatoms. The summed E-state index contributed by atoms with van der Waals surface area (Å²) in [5, 5.41) is 3.28. The Bertz CT molecular complexity index is 623. The van der Waals surface area contributed by atoms with Crippen LogP contribution in [0.1, 0.15) is 38.2 Å². The highest BCUT2D eigenvalue weighted by molar-refractivity contribution is 7.89. The predicted octanol–water partition coefficient (Wildman–Crippen LogP) is 2.15. The molecular formula is C15H21FN2O2S.